The Labute approximate surface area is 166 Å². The highest BCUT2D eigenvalue weighted by Gasteiger charge is 2.04. The molecule has 2 aromatic rings. The fourth-order valence-corrected chi connectivity index (χ4v) is 1.96. The summed E-state index contributed by atoms with van der Waals surface area (Å²) in [4.78, 5) is 19.7. The molecule has 0 saturated carbocycles. The van der Waals surface area contributed by atoms with Gasteiger partial charge >= 0.3 is 0 Å². The summed E-state index contributed by atoms with van der Waals surface area (Å²) < 4.78 is 10.4. The molecule has 10 heteroatoms. The van der Waals surface area contributed by atoms with E-state index in [2.05, 4.69) is 31.9 Å². The standard InChI is InChI=1S/2C8H8BrNO3/c2*9-5-6-13-8-3-1-7(2-4-8)10(11)12/h2*1-4H,5-6H2. The monoisotopic (exact) mass is 490 g/mol. The zero-order chi connectivity index (χ0) is 19.4. The largest absolute Gasteiger partial charge is 0.493 e. The first-order valence-electron chi connectivity index (χ1n) is 7.34. The van der Waals surface area contributed by atoms with Crippen molar-refractivity contribution in [2.75, 3.05) is 23.9 Å². The second-order valence-electron chi connectivity index (χ2n) is 4.58. The van der Waals surface area contributed by atoms with Crippen LogP contribution in [0.5, 0.6) is 11.5 Å². The van der Waals surface area contributed by atoms with E-state index in [0.29, 0.717) is 24.7 Å². The van der Waals surface area contributed by atoms with Crippen molar-refractivity contribution in [1.82, 2.24) is 0 Å². The SMILES string of the molecule is O=[N+]([O-])c1ccc(OCCBr)cc1.O=[N+]([O-])c1ccc(OCCBr)cc1. The molecule has 0 fully saturated rings. The lowest BCUT2D eigenvalue weighted by Crippen LogP contribution is -1.97. The molecular formula is C16H16Br2N2O6. The summed E-state index contributed by atoms with van der Waals surface area (Å²) >= 11 is 6.42. The molecule has 0 aliphatic carbocycles. The molecule has 0 N–H and O–H groups in total. The Morgan fingerprint density at radius 2 is 1.00 bits per heavy atom. The molecule has 2 rings (SSSR count). The predicted molar refractivity (Wildman–Crippen MR) is 105 cm³/mol. The normalized spacial score (nSPS) is 9.62. The van der Waals surface area contributed by atoms with Crippen molar-refractivity contribution in [3.8, 4) is 11.5 Å². The second-order valence-corrected chi connectivity index (χ2v) is 6.16. The minimum atomic E-state index is -0.436. The molecule has 0 amide bonds. The van der Waals surface area contributed by atoms with E-state index in [0.717, 1.165) is 10.7 Å². The Bertz CT molecular complexity index is 633. The van der Waals surface area contributed by atoms with Crippen molar-refractivity contribution >= 4 is 43.2 Å². The molecular weight excluding hydrogens is 476 g/mol. The number of nitro groups is 2. The average molecular weight is 492 g/mol. The van der Waals surface area contributed by atoms with E-state index in [4.69, 9.17) is 9.47 Å². The Kier molecular flexibility index (Phi) is 10.3. The minimum absolute atomic E-state index is 0.0752. The molecule has 0 atom stereocenters. The number of halogens is 2. The minimum Gasteiger partial charge on any atom is -0.493 e. The zero-order valence-corrected chi connectivity index (χ0v) is 16.7. The van der Waals surface area contributed by atoms with Gasteiger partial charge in [-0.25, -0.2) is 0 Å². The van der Waals surface area contributed by atoms with E-state index in [9.17, 15) is 20.2 Å². The van der Waals surface area contributed by atoms with Crippen LogP contribution in [0.15, 0.2) is 48.5 Å². The maximum absolute atomic E-state index is 10.3. The Hall–Kier alpha value is -2.20. The van der Waals surface area contributed by atoms with E-state index >= 15 is 0 Å². The van der Waals surface area contributed by atoms with Gasteiger partial charge in [0.15, 0.2) is 0 Å². The number of rotatable bonds is 8. The van der Waals surface area contributed by atoms with E-state index in [1.807, 2.05) is 0 Å². The number of ether oxygens (including phenoxy) is 2. The van der Waals surface area contributed by atoms with Gasteiger partial charge in [-0.2, -0.15) is 0 Å². The van der Waals surface area contributed by atoms with E-state index < -0.39 is 9.85 Å². The number of hydrogen-bond acceptors (Lipinski definition) is 6. The third-order valence-corrected chi connectivity index (χ3v) is 3.43. The lowest BCUT2D eigenvalue weighted by molar-refractivity contribution is -0.385. The number of nitro benzene ring substituents is 2. The van der Waals surface area contributed by atoms with Crippen LogP contribution in [0.4, 0.5) is 11.4 Å². The number of nitrogens with zero attached hydrogens (tertiary/aromatic N) is 2. The quantitative estimate of drug-likeness (QED) is 0.300. The van der Waals surface area contributed by atoms with Gasteiger partial charge in [-0.15, -0.1) is 0 Å². The summed E-state index contributed by atoms with van der Waals surface area (Å²) in [5.41, 5.74) is 0.150. The molecule has 8 nitrogen and oxygen atoms in total. The van der Waals surface area contributed by atoms with Crippen LogP contribution >= 0.6 is 31.9 Å². The third-order valence-electron chi connectivity index (χ3n) is 2.79. The summed E-state index contributed by atoms with van der Waals surface area (Å²) in [6, 6.07) is 12.0. The van der Waals surface area contributed by atoms with Crippen molar-refractivity contribution in [3.05, 3.63) is 68.8 Å². The number of benzene rings is 2. The molecule has 0 bridgehead atoms. The maximum Gasteiger partial charge on any atom is 0.269 e. The van der Waals surface area contributed by atoms with Gasteiger partial charge in [0, 0.05) is 34.9 Å². The van der Waals surface area contributed by atoms with E-state index in [-0.39, 0.29) is 11.4 Å². The highest BCUT2D eigenvalue weighted by molar-refractivity contribution is 9.09. The molecule has 0 aromatic heterocycles. The van der Waals surface area contributed by atoms with Crippen LogP contribution in [0, 0.1) is 20.2 Å². The fraction of sp³-hybridized carbons (Fsp3) is 0.250. The Morgan fingerprint density at radius 1 is 0.692 bits per heavy atom. The topological polar surface area (TPSA) is 105 Å². The molecule has 0 saturated heterocycles. The van der Waals surface area contributed by atoms with Crippen LogP contribution in [0.3, 0.4) is 0 Å². The van der Waals surface area contributed by atoms with Gasteiger partial charge in [0.25, 0.3) is 11.4 Å². The van der Waals surface area contributed by atoms with Crippen LogP contribution in [0.25, 0.3) is 0 Å². The molecule has 0 heterocycles. The third kappa shape index (κ3) is 8.26. The summed E-state index contributed by atoms with van der Waals surface area (Å²) in [5.74, 6) is 1.29. The Balaban J connectivity index is 0.000000260. The van der Waals surface area contributed by atoms with Gasteiger partial charge in [-0.3, -0.25) is 20.2 Å². The molecule has 0 spiro atoms. The first kappa shape index (κ1) is 21.8. The summed E-state index contributed by atoms with van der Waals surface area (Å²) in [5, 5.41) is 22.0. The van der Waals surface area contributed by atoms with Gasteiger partial charge < -0.3 is 9.47 Å². The van der Waals surface area contributed by atoms with Gasteiger partial charge in [0.1, 0.15) is 11.5 Å². The van der Waals surface area contributed by atoms with Crippen LogP contribution in [0.1, 0.15) is 0 Å². The molecule has 0 aliphatic rings. The van der Waals surface area contributed by atoms with Crippen LogP contribution in [-0.2, 0) is 0 Å². The van der Waals surface area contributed by atoms with E-state index in [1.54, 1.807) is 24.3 Å². The highest BCUT2D eigenvalue weighted by atomic mass is 79.9. The molecule has 26 heavy (non-hydrogen) atoms. The number of hydrogen-bond donors (Lipinski definition) is 0. The zero-order valence-electron chi connectivity index (χ0n) is 13.5. The van der Waals surface area contributed by atoms with Crippen molar-refractivity contribution in [1.29, 1.82) is 0 Å². The van der Waals surface area contributed by atoms with Gasteiger partial charge in [0.2, 0.25) is 0 Å². The average Bonchev–Trinajstić information content (AvgIpc) is 2.66. The molecule has 2 aromatic carbocycles. The highest BCUT2D eigenvalue weighted by Crippen LogP contribution is 2.18. The summed E-state index contributed by atoms with van der Waals surface area (Å²) in [7, 11) is 0. The van der Waals surface area contributed by atoms with Gasteiger partial charge in [0.05, 0.1) is 23.1 Å². The van der Waals surface area contributed by atoms with E-state index in [1.165, 1.54) is 24.3 Å². The smallest absolute Gasteiger partial charge is 0.269 e. The maximum atomic E-state index is 10.3. The molecule has 0 radical (unpaired) electrons. The summed E-state index contributed by atoms with van der Waals surface area (Å²) in [6.07, 6.45) is 0. The second kappa shape index (κ2) is 12.2. The fourth-order valence-electron chi connectivity index (χ4n) is 1.64. The Morgan fingerprint density at radius 3 is 1.23 bits per heavy atom. The van der Waals surface area contributed by atoms with Crippen LogP contribution in [0.2, 0.25) is 0 Å². The molecule has 0 unspecified atom stereocenters. The first-order valence-corrected chi connectivity index (χ1v) is 9.58. The van der Waals surface area contributed by atoms with Crippen molar-refractivity contribution < 1.29 is 19.3 Å². The van der Waals surface area contributed by atoms with Gasteiger partial charge in [-0.1, -0.05) is 31.9 Å². The predicted octanol–water partition coefficient (Wildman–Crippen LogP) is 4.74. The van der Waals surface area contributed by atoms with Crippen molar-refractivity contribution in [3.63, 3.8) is 0 Å². The number of non-ortho nitro benzene ring substituents is 2. The van der Waals surface area contributed by atoms with Crippen molar-refractivity contribution in [2.24, 2.45) is 0 Å². The molecule has 140 valence electrons. The lowest BCUT2D eigenvalue weighted by atomic mass is 10.3. The van der Waals surface area contributed by atoms with Crippen LogP contribution < -0.4 is 9.47 Å². The number of alkyl halides is 2. The lowest BCUT2D eigenvalue weighted by Gasteiger charge is -2.02. The first-order chi connectivity index (χ1) is 12.5. The van der Waals surface area contributed by atoms with Crippen molar-refractivity contribution in [2.45, 2.75) is 0 Å². The van der Waals surface area contributed by atoms with Gasteiger partial charge in [-0.05, 0) is 24.3 Å². The molecule has 0 aliphatic heterocycles. The summed E-state index contributed by atoms with van der Waals surface area (Å²) in [6.45, 7) is 1.11. The van der Waals surface area contributed by atoms with Crippen LogP contribution in [-0.4, -0.2) is 33.7 Å².